The molecule has 0 atom stereocenters. The first-order valence-corrected chi connectivity index (χ1v) is 7.02. The summed E-state index contributed by atoms with van der Waals surface area (Å²) in [7, 11) is 0. The van der Waals surface area contributed by atoms with E-state index < -0.39 is 0 Å². The molecule has 1 aliphatic carbocycles. The fourth-order valence-electron chi connectivity index (χ4n) is 2.41. The third kappa shape index (κ3) is 2.84. The second-order valence-electron chi connectivity index (χ2n) is 4.75. The number of hydrogen-bond donors (Lipinski definition) is 1. The van der Waals surface area contributed by atoms with Crippen LogP contribution in [0.1, 0.15) is 29.9 Å². The maximum Gasteiger partial charge on any atom is 0.146 e. The van der Waals surface area contributed by atoms with Crippen molar-refractivity contribution in [2.75, 3.05) is 0 Å². The normalized spacial score (nSPS) is 13.9. The lowest BCUT2D eigenvalue weighted by molar-refractivity contribution is 0.294. The van der Waals surface area contributed by atoms with Gasteiger partial charge in [0, 0.05) is 11.3 Å². The summed E-state index contributed by atoms with van der Waals surface area (Å²) >= 11 is 5.37. The van der Waals surface area contributed by atoms with E-state index in [0.717, 1.165) is 29.1 Å². The van der Waals surface area contributed by atoms with Crippen LogP contribution in [0.15, 0.2) is 30.3 Å². The maximum atomic E-state index is 5.70. The van der Waals surface area contributed by atoms with Crippen LogP contribution in [0.4, 0.5) is 0 Å². The molecule has 4 heteroatoms. The topological polar surface area (TPSA) is 37.9 Å². The molecule has 0 spiro atoms. The van der Waals surface area contributed by atoms with E-state index >= 15 is 0 Å². The fraction of sp³-hybridized carbons (Fsp3) is 0.333. The van der Waals surface area contributed by atoms with Crippen LogP contribution >= 0.6 is 12.2 Å². The van der Waals surface area contributed by atoms with E-state index in [1.54, 1.807) is 0 Å². The molecule has 3 nitrogen and oxygen atoms in total. The molecule has 98 valence electrons. The fourth-order valence-corrected chi connectivity index (χ4v) is 2.74. The first kappa shape index (κ1) is 12.4. The van der Waals surface area contributed by atoms with Gasteiger partial charge in [-0.05, 0) is 37.8 Å². The Balaban J connectivity index is 1.78. The molecule has 0 saturated carbocycles. The van der Waals surface area contributed by atoms with Crippen LogP contribution in [0.3, 0.4) is 0 Å². The molecule has 0 saturated heterocycles. The number of fused-ring (bicyclic) bond motifs is 1. The molecule has 0 amide bonds. The van der Waals surface area contributed by atoms with Crippen LogP contribution < -0.4 is 4.74 Å². The highest BCUT2D eigenvalue weighted by Crippen LogP contribution is 2.20. The number of rotatable bonds is 3. The Morgan fingerprint density at radius 3 is 2.79 bits per heavy atom. The third-order valence-corrected chi connectivity index (χ3v) is 3.71. The molecule has 0 radical (unpaired) electrons. The number of hydrogen-bond acceptors (Lipinski definition) is 3. The van der Waals surface area contributed by atoms with Gasteiger partial charge in [-0.2, -0.15) is 0 Å². The number of aromatic nitrogens is 2. The summed E-state index contributed by atoms with van der Waals surface area (Å²) < 4.78 is 6.43. The summed E-state index contributed by atoms with van der Waals surface area (Å²) in [5.74, 6) is 1.66. The SMILES string of the molecule is S=c1nc(COc2ccccc2)[nH]c2c1CCCC2. The number of H-pyrrole nitrogens is 1. The van der Waals surface area contributed by atoms with E-state index in [4.69, 9.17) is 17.0 Å². The number of benzene rings is 1. The second-order valence-corrected chi connectivity index (χ2v) is 5.14. The molecule has 1 aliphatic rings. The zero-order valence-electron chi connectivity index (χ0n) is 10.7. The van der Waals surface area contributed by atoms with Crippen LogP contribution in [-0.4, -0.2) is 9.97 Å². The van der Waals surface area contributed by atoms with Crippen molar-refractivity contribution in [2.24, 2.45) is 0 Å². The Morgan fingerprint density at radius 1 is 1.16 bits per heavy atom. The Bertz CT molecular complexity index is 622. The second kappa shape index (κ2) is 5.53. The first-order valence-electron chi connectivity index (χ1n) is 6.62. The van der Waals surface area contributed by atoms with E-state index in [9.17, 15) is 0 Å². The number of aromatic amines is 1. The van der Waals surface area contributed by atoms with Gasteiger partial charge in [-0.25, -0.2) is 4.98 Å². The van der Waals surface area contributed by atoms with E-state index in [0.29, 0.717) is 6.61 Å². The molecule has 2 aromatic rings. The van der Waals surface area contributed by atoms with Gasteiger partial charge in [-0.15, -0.1) is 0 Å². The van der Waals surface area contributed by atoms with E-state index in [1.165, 1.54) is 24.1 Å². The van der Waals surface area contributed by atoms with E-state index in [2.05, 4.69) is 9.97 Å². The Hall–Kier alpha value is -1.68. The Morgan fingerprint density at radius 2 is 1.95 bits per heavy atom. The lowest BCUT2D eigenvalue weighted by Gasteiger charge is -2.16. The summed E-state index contributed by atoms with van der Waals surface area (Å²) in [4.78, 5) is 7.81. The van der Waals surface area contributed by atoms with Gasteiger partial charge in [0.2, 0.25) is 0 Å². The summed E-state index contributed by atoms with van der Waals surface area (Å²) in [6, 6.07) is 9.76. The molecule has 1 heterocycles. The van der Waals surface area contributed by atoms with Gasteiger partial charge in [0.25, 0.3) is 0 Å². The van der Waals surface area contributed by atoms with Crippen molar-refractivity contribution in [3.63, 3.8) is 0 Å². The molecular weight excluding hydrogens is 256 g/mol. The number of para-hydroxylation sites is 1. The monoisotopic (exact) mass is 272 g/mol. The minimum absolute atomic E-state index is 0.431. The largest absolute Gasteiger partial charge is 0.486 e. The molecule has 0 bridgehead atoms. The van der Waals surface area contributed by atoms with Crippen molar-refractivity contribution in [3.8, 4) is 5.75 Å². The van der Waals surface area contributed by atoms with Crippen LogP contribution in [-0.2, 0) is 19.4 Å². The third-order valence-electron chi connectivity index (χ3n) is 3.38. The quantitative estimate of drug-likeness (QED) is 0.868. The predicted molar refractivity (Wildman–Crippen MR) is 76.8 cm³/mol. The molecule has 3 rings (SSSR count). The molecule has 1 aromatic carbocycles. The number of aryl methyl sites for hydroxylation is 1. The summed E-state index contributed by atoms with van der Waals surface area (Å²) in [6.07, 6.45) is 4.56. The average Bonchev–Trinajstić information content (AvgIpc) is 2.46. The lowest BCUT2D eigenvalue weighted by Crippen LogP contribution is -2.11. The van der Waals surface area contributed by atoms with E-state index in [-0.39, 0.29) is 0 Å². The van der Waals surface area contributed by atoms with Gasteiger partial charge in [0.1, 0.15) is 22.8 Å². The van der Waals surface area contributed by atoms with Crippen molar-refractivity contribution < 1.29 is 4.74 Å². The number of nitrogens with one attached hydrogen (secondary N) is 1. The van der Waals surface area contributed by atoms with Crippen LogP contribution in [0.5, 0.6) is 5.75 Å². The summed E-state index contributed by atoms with van der Waals surface area (Å²) in [5, 5.41) is 0. The standard InChI is InChI=1S/C15H16N2OS/c19-15-12-8-4-5-9-13(12)16-14(17-15)10-18-11-6-2-1-3-7-11/h1-3,6-7H,4-5,8-10H2,(H,16,17,19). The van der Waals surface area contributed by atoms with Crippen LogP contribution in [0.2, 0.25) is 0 Å². The predicted octanol–water partition coefficient (Wildman–Crippen LogP) is 3.60. The zero-order valence-corrected chi connectivity index (χ0v) is 11.5. The van der Waals surface area contributed by atoms with Crippen LogP contribution in [0.25, 0.3) is 0 Å². The highest BCUT2D eigenvalue weighted by Gasteiger charge is 2.13. The van der Waals surface area contributed by atoms with Crippen molar-refractivity contribution in [1.82, 2.24) is 9.97 Å². The van der Waals surface area contributed by atoms with Gasteiger partial charge in [0.15, 0.2) is 0 Å². The van der Waals surface area contributed by atoms with Gasteiger partial charge < -0.3 is 9.72 Å². The Kier molecular flexibility index (Phi) is 3.60. The lowest BCUT2D eigenvalue weighted by atomic mass is 9.97. The number of nitrogens with zero attached hydrogens (tertiary/aromatic N) is 1. The molecule has 19 heavy (non-hydrogen) atoms. The van der Waals surface area contributed by atoms with Gasteiger partial charge in [0.05, 0.1) is 0 Å². The molecular formula is C15H16N2OS. The molecule has 0 unspecified atom stereocenters. The summed E-state index contributed by atoms with van der Waals surface area (Å²) in [6.45, 7) is 0.431. The van der Waals surface area contributed by atoms with E-state index in [1.807, 2.05) is 30.3 Å². The van der Waals surface area contributed by atoms with Crippen molar-refractivity contribution in [1.29, 1.82) is 0 Å². The average molecular weight is 272 g/mol. The highest BCUT2D eigenvalue weighted by molar-refractivity contribution is 7.71. The molecule has 0 aliphatic heterocycles. The van der Waals surface area contributed by atoms with Gasteiger partial charge in [-0.1, -0.05) is 30.4 Å². The maximum absolute atomic E-state index is 5.70. The zero-order chi connectivity index (χ0) is 13.1. The summed E-state index contributed by atoms with van der Waals surface area (Å²) in [5.41, 5.74) is 2.47. The van der Waals surface area contributed by atoms with Crippen molar-refractivity contribution in [3.05, 3.63) is 52.1 Å². The molecule has 1 aromatic heterocycles. The molecule has 0 fully saturated rings. The van der Waals surface area contributed by atoms with Crippen LogP contribution in [0, 0.1) is 4.64 Å². The molecule has 1 N–H and O–H groups in total. The minimum atomic E-state index is 0.431. The van der Waals surface area contributed by atoms with Gasteiger partial charge >= 0.3 is 0 Å². The Labute approximate surface area is 117 Å². The first-order chi connectivity index (χ1) is 9.33. The number of ether oxygens (including phenoxy) is 1. The smallest absolute Gasteiger partial charge is 0.146 e. The van der Waals surface area contributed by atoms with Gasteiger partial charge in [-0.3, -0.25) is 0 Å². The minimum Gasteiger partial charge on any atom is -0.486 e. The van der Waals surface area contributed by atoms with Crippen molar-refractivity contribution in [2.45, 2.75) is 32.3 Å². The van der Waals surface area contributed by atoms with Crippen molar-refractivity contribution >= 4 is 12.2 Å². The highest BCUT2D eigenvalue weighted by atomic mass is 32.1.